The molecule has 1 aromatic rings. The molecule has 22 heavy (non-hydrogen) atoms. The highest BCUT2D eigenvalue weighted by molar-refractivity contribution is 5.83. The van der Waals surface area contributed by atoms with E-state index < -0.39 is 29.8 Å². The summed E-state index contributed by atoms with van der Waals surface area (Å²) in [4.78, 5) is 13.7. The predicted molar refractivity (Wildman–Crippen MR) is 76.9 cm³/mol. The molecule has 1 aromatic carbocycles. The number of rotatable bonds is 1. The summed E-state index contributed by atoms with van der Waals surface area (Å²) in [5, 5.41) is 29.5. The van der Waals surface area contributed by atoms with Gasteiger partial charge in [0, 0.05) is 12.1 Å². The van der Waals surface area contributed by atoms with Crippen LogP contribution in [0.15, 0.2) is 18.2 Å². The number of ether oxygens (including phenoxy) is 1. The number of carbonyl (C=O) groups excluding carboxylic acids is 1. The molecule has 1 fully saturated rings. The first-order valence-corrected chi connectivity index (χ1v) is 7.25. The van der Waals surface area contributed by atoms with Crippen molar-refractivity contribution in [1.29, 1.82) is 5.26 Å². The molecule has 0 spiro atoms. The maximum absolute atomic E-state index is 12.2. The lowest BCUT2D eigenvalue weighted by molar-refractivity contribution is -0.145. The van der Waals surface area contributed by atoms with Gasteiger partial charge in [0.25, 0.3) is 5.91 Å². The maximum Gasteiger partial charge on any atom is 0.252 e. The molecule has 0 aliphatic carbocycles. The van der Waals surface area contributed by atoms with Crippen LogP contribution in [0.2, 0.25) is 0 Å². The number of likely N-dealkylation sites (tertiary alicyclic amines) is 1. The van der Waals surface area contributed by atoms with Crippen molar-refractivity contribution in [1.82, 2.24) is 4.90 Å². The van der Waals surface area contributed by atoms with E-state index in [9.17, 15) is 15.0 Å². The number of aliphatic hydroxyl groups excluding tert-OH is 2. The van der Waals surface area contributed by atoms with Gasteiger partial charge in [0.15, 0.2) is 0 Å². The van der Waals surface area contributed by atoms with Crippen LogP contribution in [0.4, 0.5) is 0 Å². The number of fused-ring (bicyclic) bond motifs is 1. The van der Waals surface area contributed by atoms with Gasteiger partial charge < -0.3 is 19.8 Å². The highest BCUT2D eigenvalue weighted by Gasteiger charge is 2.49. The van der Waals surface area contributed by atoms with Gasteiger partial charge in [-0.3, -0.25) is 4.79 Å². The van der Waals surface area contributed by atoms with E-state index in [4.69, 9.17) is 10.00 Å². The van der Waals surface area contributed by atoms with E-state index in [2.05, 4.69) is 6.07 Å². The van der Waals surface area contributed by atoms with Crippen molar-refractivity contribution in [3.8, 4) is 11.8 Å². The molecule has 0 bridgehead atoms. The molecule has 1 unspecified atom stereocenters. The van der Waals surface area contributed by atoms with Crippen molar-refractivity contribution in [3.05, 3.63) is 29.3 Å². The summed E-state index contributed by atoms with van der Waals surface area (Å²) >= 11 is 0. The zero-order valence-electron chi connectivity index (χ0n) is 12.5. The first-order chi connectivity index (χ1) is 10.3. The number of aliphatic hydroxyl groups is 2. The van der Waals surface area contributed by atoms with E-state index in [1.165, 1.54) is 4.90 Å². The van der Waals surface area contributed by atoms with Crippen LogP contribution in [0.3, 0.4) is 0 Å². The molecule has 6 nitrogen and oxygen atoms in total. The van der Waals surface area contributed by atoms with E-state index in [0.717, 1.165) is 0 Å². The van der Waals surface area contributed by atoms with Crippen LogP contribution in [0, 0.1) is 11.3 Å². The molecule has 1 saturated heterocycles. The monoisotopic (exact) mass is 302 g/mol. The fourth-order valence-corrected chi connectivity index (χ4v) is 3.14. The summed E-state index contributed by atoms with van der Waals surface area (Å²) in [6.07, 6.45) is -1.64. The second-order valence-corrected chi connectivity index (χ2v) is 6.30. The van der Waals surface area contributed by atoms with Crippen LogP contribution < -0.4 is 4.74 Å². The summed E-state index contributed by atoms with van der Waals surface area (Å²) in [5.74, 6) is 0.156. The number of carbonyl (C=O) groups is 1. The highest BCUT2D eigenvalue weighted by Crippen LogP contribution is 2.44. The quantitative estimate of drug-likeness (QED) is 0.797. The van der Waals surface area contributed by atoms with Crippen molar-refractivity contribution in [2.24, 2.45) is 0 Å². The van der Waals surface area contributed by atoms with E-state index in [-0.39, 0.29) is 0 Å². The summed E-state index contributed by atoms with van der Waals surface area (Å²) in [6, 6.07) is 6.39. The van der Waals surface area contributed by atoms with Crippen molar-refractivity contribution in [3.63, 3.8) is 0 Å². The Morgan fingerprint density at radius 3 is 2.73 bits per heavy atom. The van der Waals surface area contributed by atoms with Crippen molar-refractivity contribution in [2.75, 3.05) is 6.54 Å². The minimum atomic E-state index is -1.03. The Labute approximate surface area is 128 Å². The molecule has 0 radical (unpaired) electrons. The molecular formula is C16H18N2O4. The molecule has 116 valence electrons. The smallest absolute Gasteiger partial charge is 0.252 e. The minimum absolute atomic E-state index is 0.344. The lowest BCUT2D eigenvalue weighted by Crippen LogP contribution is -2.54. The molecule has 0 saturated carbocycles. The molecule has 2 N–H and O–H groups in total. The van der Waals surface area contributed by atoms with Crippen LogP contribution in [0.1, 0.15) is 37.4 Å². The first-order valence-electron chi connectivity index (χ1n) is 7.25. The average Bonchev–Trinajstić information content (AvgIpc) is 2.80. The average molecular weight is 302 g/mol. The van der Waals surface area contributed by atoms with E-state index >= 15 is 0 Å². The normalized spacial score (nSPS) is 29.7. The van der Waals surface area contributed by atoms with Gasteiger partial charge in [0.1, 0.15) is 23.6 Å². The summed E-state index contributed by atoms with van der Waals surface area (Å²) < 4.78 is 5.82. The number of nitrogens with zero attached hydrogens (tertiary/aromatic N) is 2. The Bertz CT molecular complexity index is 665. The predicted octanol–water partition coefficient (Wildman–Crippen LogP) is 0.724. The van der Waals surface area contributed by atoms with Gasteiger partial charge >= 0.3 is 0 Å². The van der Waals surface area contributed by atoms with E-state index in [1.54, 1.807) is 32.0 Å². The highest BCUT2D eigenvalue weighted by atomic mass is 16.5. The van der Waals surface area contributed by atoms with Crippen molar-refractivity contribution in [2.45, 2.75) is 44.1 Å². The number of hydrogen-bond acceptors (Lipinski definition) is 5. The zero-order chi connectivity index (χ0) is 16.1. The van der Waals surface area contributed by atoms with Gasteiger partial charge in [-0.2, -0.15) is 5.26 Å². The fourth-order valence-electron chi connectivity index (χ4n) is 3.14. The third-order valence-electron chi connectivity index (χ3n) is 4.39. The Hall–Kier alpha value is -2.10. The van der Waals surface area contributed by atoms with Crippen LogP contribution in [-0.4, -0.2) is 45.4 Å². The molecule has 3 atom stereocenters. The van der Waals surface area contributed by atoms with Crippen LogP contribution in [-0.2, 0) is 4.79 Å². The van der Waals surface area contributed by atoms with E-state index in [0.29, 0.717) is 29.8 Å². The molecule has 2 heterocycles. The molecule has 1 amide bonds. The second-order valence-electron chi connectivity index (χ2n) is 6.30. The van der Waals surface area contributed by atoms with Gasteiger partial charge in [-0.1, -0.05) is 0 Å². The Balaban J connectivity index is 2.11. The van der Waals surface area contributed by atoms with Gasteiger partial charge in [0.05, 0.1) is 17.7 Å². The van der Waals surface area contributed by atoms with Gasteiger partial charge in [0.2, 0.25) is 0 Å². The van der Waals surface area contributed by atoms with E-state index in [1.807, 2.05) is 0 Å². The lowest BCUT2D eigenvalue weighted by Gasteiger charge is -2.45. The SMILES string of the molecule is CC1(C)Oc2ccc(C#N)cc2[C@@H](N2CCC(O)C2=O)[C@@H]1O. The Morgan fingerprint density at radius 1 is 1.41 bits per heavy atom. The molecule has 0 aromatic heterocycles. The molecule has 2 aliphatic heterocycles. The standard InChI is InChI=1S/C16H18N2O4/c1-16(2)14(20)13(18-6-5-11(19)15(18)21)10-7-9(8-17)3-4-12(10)22-16/h3-4,7,11,13-14,19-20H,5-6H2,1-2H3/t11?,13-,14+/m1/s1. The zero-order valence-corrected chi connectivity index (χ0v) is 12.5. The van der Waals surface area contributed by atoms with Crippen molar-refractivity contribution >= 4 is 5.91 Å². The molecule has 3 rings (SSSR count). The molecule has 6 heteroatoms. The summed E-state index contributed by atoms with van der Waals surface area (Å²) in [5.41, 5.74) is 0.166. The van der Waals surface area contributed by atoms with Gasteiger partial charge in [-0.05, 0) is 38.5 Å². The number of hydrogen-bond donors (Lipinski definition) is 2. The maximum atomic E-state index is 12.2. The third kappa shape index (κ3) is 2.14. The Kier molecular flexibility index (Phi) is 3.35. The first kappa shape index (κ1) is 14.8. The van der Waals surface area contributed by atoms with Crippen LogP contribution in [0.25, 0.3) is 0 Å². The van der Waals surface area contributed by atoms with Crippen LogP contribution >= 0.6 is 0 Å². The second kappa shape index (κ2) is 4.97. The van der Waals surface area contributed by atoms with Gasteiger partial charge in [-0.25, -0.2) is 0 Å². The third-order valence-corrected chi connectivity index (χ3v) is 4.39. The summed E-state index contributed by atoms with van der Waals surface area (Å²) in [6.45, 7) is 3.87. The number of amides is 1. The topological polar surface area (TPSA) is 93.8 Å². The molecule has 2 aliphatic rings. The lowest BCUT2D eigenvalue weighted by atomic mass is 9.85. The van der Waals surface area contributed by atoms with Crippen molar-refractivity contribution < 1.29 is 19.7 Å². The molecular weight excluding hydrogens is 284 g/mol. The van der Waals surface area contributed by atoms with Crippen LogP contribution in [0.5, 0.6) is 5.75 Å². The largest absolute Gasteiger partial charge is 0.485 e. The summed E-state index contributed by atoms with van der Waals surface area (Å²) in [7, 11) is 0. The fraction of sp³-hybridized carbons (Fsp3) is 0.500. The number of benzene rings is 1. The number of nitriles is 1. The minimum Gasteiger partial charge on any atom is -0.485 e. The van der Waals surface area contributed by atoms with Gasteiger partial charge in [-0.15, -0.1) is 0 Å². The Morgan fingerprint density at radius 2 is 2.14 bits per heavy atom.